The fourth-order valence-electron chi connectivity index (χ4n) is 1.41. The van der Waals surface area contributed by atoms with Gasteiger partial charge in [0, 0.05) is 23.7 Å². The van der Waals surface area contributed by atoms with E-state index in [0.717, 1.165) is 5.56 Å². The molecule has 0 atom stereocenters. The SMILES string of the molecule is CC(C)(O)CNCc1ccc(/C(N)=N/O)cc1Cl. The van der Waals surface area contributed by atoms with Crippen LogP contribution in [-0.4, -0.2) is 28.3 Å². The van der Waals surface area contributed by atoms with Crippen LogP contribution in [0.5, 0.6) is 0 Å². The van der Waals surface area contributed by atoms with Crippen molar-refractivity contribution in [3.8, 4) is 0 Å². The first-order chi connectivity index (χ1) is 8.33. The Morgan fingerprint density at radius 1 is 1.50 bits per heavy atom. The number of oxime groups is 1. The first-order valence-corrected chi connectivity index (χ1v) is 5.91. The zero-order valence-corrected chi connectivity index (χ0v) is 11.2. The Morgan fingerprint density at radius 3 is 2.67 bits per heavy atom. The van der Waals surface area contributed by atoms with Gasteiger partial charge in [0.05, 0.1) is 5.60 Å². The van der Waals surface area contributed by atoms with E-state index in [-0.39, 0.29) is 5.84 Å². The van der Waals surface area contributed by atoms with Gasteiger partial charge in [0.25, 0.3) is 0 Å². The van der Waals surface area contributed by atoms with E-state index < -0.39 is 5.60 Å². The fourth-order valence-corrected chi connectivity index (χ4v) is 1.66. The van der Waals surface area contributed by atoms with Crippen molar-refractivity contribution in [3.05, 3.63) is 34.3 Å². The molecule has 0 spiro atoms. The summed E-state index contributed by atoms with van der Waals surface area (Å²) >= 11 is 6.09. The summed E-state index contributed by atoms with van der Waals surface area (Å²) in [5.74, 6) is 0.0212. The van der Waals surface area contributed by atoms with Crippen LogP contribution in [0.2, 0.25) is 5.02 Å². The van der Waals surface area contributed by atoms with Gasteiger partial charge in [-0.1, -0.05) is 28.9 Å². The number of rotatable bonds is 5. The largest absolute Gasteiger partial charge is 0.409 e. The van der Waals surface area contributed by atoms with Crippen molar-refractivity contribution < 1.29 is 10.3 Å². The van der Waals surface area contributed by atoms with Gasteiger partial charge in [0.2, 0.25) is 0 Å². The van der Waals surface area contributed by atoms with Crippen LogP contribution in [0.25, 0.3) is 0 Å². The van der Waals surface area contributed by atoms with Crippen LogP contribution < -0.4 is 11.1 Å². The Labute approximate surface area is 111 Å². The van der Waals surface area contributed by atoms with Crippen molar-refractivity contribution in [3.63, 3.8) is 0 Å². The summed E-state index contributed by atoms with van der Waals surface area (Å²) in [4.78, 5) is 0. The van der Waals surface area contributed by atoms with Crippen LogP contribution in [-0.2, 0) is 6.54 Å². The van der Waals surface area contributed by atoms with Crippen molar-refractivity contribution >= 4 is 17.4 Å². The lowest BCUT2D eigenvalue weighted by Crippen LogP contribution is -2.34. The van der Waals surface area contributed by atoms with E-state index in [1.165, 1.54) is 0 Å². The summed E-state index contributed by atoms with van der Waals surface area (Å²) in [6.45, 7) is 4.46. The minimum absolute atomic E-state index is 0.0212. The molecule has 0 saturated carbocycles. The Morgan fingerprint density at radius 2 is 2.17 bits per heavy atom. The van der Waals surface area contributed by atoms with Crippen LogP contribution in [0.4, 0.5) is 0 Å². The zero-order valence-electron chi connectivity index (χ0n) is 10.4. The Hall–Kier alpha value is -1.30. The van der Waals surface area contributed by atoms with Crippen LogP contribution in [0.15, 0.2) is 23.4 Å². The van der Waals surface area contributed by atoms with Crippen LogP contribution in [0.1, 0.15) is 25.0 Å². The number of hydrogen-bond donors (Lipinski definition) is 4. The lowest BCUT2D eigenvalue weighted by atomic mass is 10.1. The molecule has 0 radical (unpaired) electrons. The fraction of sp³-hybridized carbons (Fsp3) is 0.417. The number of amidine groups is 1. The van der Waals surface area contributed by atoms with Gasteiger partial charge in [-0.3, -0.25) is 0 Å². The van der Waals surface area contributed by atoms with Gasteiger partial charge in [0.1, 0.15) is 0 Å². The summed E-state index contributed by atoms with van der Waals surface area (Å²) in [6, 6.07) is 5.16. The van der Waals surface area contributed by atoms with Crippen LogP contribution >= 0.6 is 11.6 Å². The molecular formula is C12H18ClN3O2. The number of nitrogens with zero attached hydrogens (tertiary/aromatic N) is 1. The van der Waals surface area contributed by atoms with E-state index in [2.05, 4.69) is 10.5 Å². The van der Waals surface area contributed by atoms with E-state index >= 15 is 0 Å². The predicted octanol–water partition coefficient (Wildman–Crippen LogP) is 1.29. The quantitative estimate of drug-likeness (QED) is 0.281. The van der Waals surface area contributed by atoms with Crippen molar-refractivity contribution in [2.75, 3.05) is 6.54 Å². The number of halogens is 1. The average molecular weight is 272 g/mol. The van der Waals surface area contributed by atoms with E-state index in [1.54, 1.807) is 32.0 Å². The molecule has 5 nitrogen and oxygen atoms in total. The van der Waals surface area contributed by atoms with Crippen molar-refractivity contribution in [1.82, 2.24) is 5.32 Å². The Kier molecular flexibility index (Phi) is 4.95. The van der Waals surface area contributed by atoms with Gasteiger partial charge in [0.15, 0.2) is 5.84 Å². The molecule has 0 aromatic heterocycles. The molecule has 1 aromatic carbocycles. The predicted molar refractivity (Wildman–Crippen MR) is 72.0 cm³/mol. The molecule has 0 aliphatic heterocycles. The smallest absolute Gasteiger partial charge is 0.170 e. The first kappa shape index (κ1) is 14.8. The molecule has 5 N–H and O–H groups in total. The normalized spacial score (nSPS) is 12.8. The lowest BCUT2D eigenvalue weighted by molar-refractivity contribution is 0.0795. The highest BCUT2D eigenvalue weighted by Crippen LogP contribution is 2.18. The van der Waals surface area contributed by atoms with E-state index in [1.807, 2.05) is 0 Å². The van der Waals surface area contributed by atoms with Gasteiger partial charge in [-0.2, -0.15) is 0 Å². The van der Waals surface area contributed by atoms with Gasteiger partial charge < -0.3 is 21.4 Å². The number of benzene rings is 1. The van der Waals surface area contributed by atoms with Gasteiger partial charge in [-0.05, 0) is 25.5 Å². The van der Waals surface area contributed by atoms with E-state index in [4.69, 9.17) is 22.5 Å². The third-order valence-electron chi connectivity index (χ3n) is 2.33. The van der Waals surface area contributed by atoms with Gasteiger partial charge in [-0.15, -0.1) is 0 Å². The Balaban J connectivity index is 2.69. The maximum Gasteiger partial charge on any atom is 0.170 e. The molecule has 0 amide bonds. The molecule has 0 aliphatic carbocycles. The van der Waals surface area contributed by atoms with Crippen molar-refractivity contribution in [1.29, 1.82) is 0 Å². The van der Waals surface area contributed by atoms with Gasteiger partial charge >= 0.3 is 0 Å². The monoisotopic (exact) mass is 271 g/mol. The highest BCUT2D eigenvalue weighted by atomic mass is 35.5. The molecule has 1 rings (SSSR count). The molecule has 0 unspecified atom stereocenters. The number of nitrogens with one attached hydrogen (secondary N) is 1. The Bertz CT molecular complexity index is 441. The van der Waals surface area contributed by atoms with E-state index in [9.17, 15) is 5.11 Å². The average Bonchev–Trinajstić information content (AvgIpc) is 2.28. The molecule has 1 aromatic rings. The molecule has 0 bridgehead atoms. The number of hydrogen-bond acceptors (Lipinski definition) is 4. The summed E-state index contributed by atoms with van der Waals surface area (Å²) in [5, 5.41) is 24.7. The maximum absolute atomic E-state index is 9.56. The lowest BCUT2D eigenvalue weighted by Gasteiger charge is -2.18. The minimum Gasteiger partial charge on any atom is -0.409 e. The van der Waals surface area contributed by atoms with Crippen LogP contribution in [0, 0.1) is 0 Å². The molecule has 0 fully saturated rings. The summed E-state index contributed by atoms with van der Waals surface area (Å²) in [6.07, 6.45) is 0. The van der Waals surface area contributed by atoms with Crippen molar-refractivity contribution in [2.24, 2.45) is 10.9 Å². The molecule has 18 heavy (non-hydrogen) atoms. The van der Waals surface area contributed by atoms with Crippen LogP contribution in [0.3, 0.4) is 0 Å². The summed E-state index contributed by atoms with van der Waals surface area (Å²) in [7, 11) is 0. The second kappa shape index (κ2) is 6.04. The second-order valence-corrected chi connectivity index (χ2v) is 5.11. The zero-order chi connectivity index (χ0) is 13.8. The number of nitrogens with two attached hydrogens (primary N) is 1. The summed E-state index contributed by atoms with van der Waals surface area (Å²) in [5.41, 5.74) is 6.15. The molecule has 0 saturated heterocycles. The first-order valence-electron chi connectivity index (χ1n) is 5.53. The van der Waals surface area contributed by atoms with E-state index in [0.29, 0.717) is 23.7 Å². The van der Waals surface area contributed by atoms with Crippen molar-refractivity contribution in [2.45, 2.75) is 26.0 Å². The molecule has 100 valence electrons. The standard InChI is InChI=1S/C12H18ClN3O2/c1-12(2,17)7-15-6-9-4-3-8(5-10(9)13)11(14)16-18/h3-5,15,17-18H,6-7H2,1-2H3,(H2,14,16). The number of aliphatic hydroxyl groups is 1. The second-order valence-electron chi connectivity index (χ2n) is 4.71. The third kappa shape index (κ3) is 4.52. The molecular weight excluding hydrogens is 254 g/mol. The maximum atomic E-state index is 9.56. The molecule has 6 heteroatoms. The summed E-state index contributed by atoms with van der Waals surface area (Å²) < 4.78 is 0. The molecule has 0 aliphatic rings. The minimum atomic E-state index is -0.764. The topological polar surface area (TPSA) is 90.9 Å². The highest BCUT2D eigenvalue weighted by molar-refractivity contribution is 6.31. The van der Waals surface area contributed by atoms with Gasteiger partial charge in [-0.25, -0.2) is 0 Å². The third-order valence-corrected chi connectivity index (χ3v) is 2.68. The molecule has 0 heterocycles. The highest BCUT2D eigenvalue weighted by Gasteiger charge is 2.12.